The molecule has 2 rings (SSSR count). The number of alkyl halides is 1. The number of carbonyl (C=O) groups is 1. The van der Waals surface area contributed by atoms with Crippen LogP contribution >= 0.6 is 11.6 Å². The van der Waals surface area contributed by atoms with Crippen LogP contribution < -0.4 is 5.73 Å². The second-order valence-corrected chi connectivity index (χ2v) is 5.19. The lowest BCUT2D eigenvalue weighted by Gasteiger charge is -2.10. The van der Waals surface area contributed by atoms with Crippen LogP contribution in [0.2, 0.25) is 0 Å². The van der Waals surface area contributed by atoms with E-state index in [1.165, 1.54) is 10.6 Å². The second-order valence-electron chi connectivity index (χ2n) is 4.54. The number of hydrogen-bond donors (Lipinski definition) is 1. The van der Waals surface area contributed by atoms with Gasteiger partial charge in [0, 0.05) is 13.0 Å². The van der Waals surface area contributed by atoms with E-state index < -0.39 is 22.9 Å². The molecule has 108 valence electrons. The third-order valence-corrected chi connectivity index (χ3v) is 3.19. The SMILES string of the molecule is CC(Cl)c1nc2ccc(F)c(F)c2n1CCCC(N)=O. The molecule has 1 amide bonds. The molecular formula is C13H14ClF2N3O. The zero-order valence-electron chi connectivity index (χ0n) is 10.9. The first-order valence-electron chi connectivity index (χ1n) is 6.18. The monoisotopic (exact) mass is 301 g/mol. The Labute approximate surface area is 119 Å². The van der Waals surface area contributed by atoms with Gasteiger partial charge >= 0.3 is 0 Å². The Hall–Kier alpha value is -1.69. The summed E-state index contributed by atoms with van der Waals surface area (Å²) >= 11 is 6.02. The van der Waals surface area contributed by atoms with Crippen molar-refractivity contribution in [3.05, 3.63) is 29.6 Å². The molecule has 0 fully saturated rings. The maximum atomic E-state index is 14.0. The molecule has 0 aliphatic carbocycles. The van der Waals surface area contributed by atoms with Crippen molar-refractivity contribution in [2.45, 2.75) is 31.7 Å². The van der Waals surface area contributed by atoms with Gasteiger partial charge < -0.3 is 10.3 Å². The van der Waals surface area contributed by atoms with Gasteiger partial charge in [0.05, 0.1) is 10.9 Å². The summed E-state index contributed by atoms with van der Waals surface area (Å²) in [6, 6.07) is 2.43. The van der Waals surface area contributed by atoms with E-state index in [0.29, 0.717) is 24.3 Å². The van der Waals surface area contributed by atoms with E-state index >= 15 is 0 Å². The average molecular weight is 302 g/mol. The molecule has 0 spiro atoms. The molecule has 1 aromatic heterocycles. The van der Waals surface area contributed by atoms with Crippen molar-refractivity contribution in [3.8, 4) is 0 Å². The first kappa shape index (κ1) is 14.7. The van der Waals surface area contributed by atoms with Gasteiger partial charge in [-0.05, 0) is 25.5 Å². The third kappa shape index (κ3) is 2.75. The summed E-state index contributed by atoms with van der Waals surface area (Å²) in [6.07, 6.45) is 0.570. The smallest absolute Gasteiger partial charge is 0.217 e. The zero-order valence-corrected chi connectivity index (χ0v) is 11.6. The van der Waals surface area contributed by atoms with Crippen molar-refractivity contribution in [1.29, 1.82) is 0 Å². The quantitative estimate of drug-likeness (QED) is 0.863. The van der Waals surface area contributed by atoms with E-state index in [9.17, 15) is 13.6 Å². The van der Waals surface area contributed by atoms with Gasteiger partial charge in [-0.3, -0.25) is 4.79 Å². The topological polar surface area (TPSA) is 60.9 Å². The summed E-state index contributed by atoms with van der Waals surface area (Å²) < 4.78 is 28.8. The maximum Gasteiger partial charge on any atom is 0.217 e. The largest absolute Gasteiger partial charge is 0.370 e. The molecule has 4 nitrogen and oxygen atoms in total. The van der Waals surface area contributed by atoms with Crippen LogP contribution in [0.4, 0.5) is 8.78 Å². The van der Waals surface area contributed by atoms with Gasteiger partial charge in [0.1, 0.15) is 11.3 Å². The van der Waals surface area contributed by atoms with Gasteiger partial charge in [-0.1, -0.05) is 0 Å². The van der Waals surface area contributed by atoms with Crippen LogP contribution in [-0.4, -0.2) is 15.5 Å². The Morgan fingerprint density at radius 3 is 2.80 bits per heavy atom. The molecule has 1 aromatic carbocycles. The number of carbonyl (C=O) groups excluding carboxylic acids is 1. The first-order valence-corrected chi connectivity index (χ1v) is 6.62. The van der Waals surface area contributed by atoms with Crippen molar-refractivity contribution < 1.29 is 13.6 Å². The predicted octanol–water partition coefficient (Wildman–Crippen LogP) is 2.88. The van der Waals surface area contributed by atoms with E-state index in [2.05, 4.69) is 4.98 Å². The molecule has 1 unspecified atom stereocenters. The molecule has 1 atom stereocenters. The molecule has 2 aromatic rings. The van der Waals surface area contributed by atoms with Crippen LogP contribution in [0.1, 0.15) is 31.0 Å². The molecular weight excluding hydrogens is 288 g/mol. The van der Waals surface area contributed by atoms with Crippen LogP contribution in [0, 0.1) is 11.6 Å². The third-order valence-electron chi connectivity index (χ3n) is 2.99. The number of halogens is 3. The molecule has 7 heteroatoms. The summed E-state index contributed by atoms with van der Waals surface area (Å²) in [5.74, 6) is -1.91. The molecule has 0 bridgehead atoms. The number of rotatable bonds is 5. The highest BCUT2D eigenvalue weighted by Crippen LogP contribution is 2.27. The second kappa shape index (κ2) is 5.75. The number of imidazole rings is 1. The Morgan fingerprint density at radius 1 is 1.50 bits per heavy atom. The van der Waals surface area contributed by atoms with Crippen LogP contribution in [-0.2, 0) is 11.3 Å². The molecule has 20 heavy (non-hydrogen) atoms. The van der Waals surface area contributed by atoms with Gasteiger partial charge in [0.25, 0.3) is 0 Å². The fourth-order valence-electron chi connectivity index (χ4n) is 2.12. The number of nitrogens with zero attached hydrogens (tertiary/aromatic N) is 2. The van der Waals surface area contributed by atoms with E-state index in [-0.39, 0.29) is 11.9 Å². The number of fused-ring (bicyclic) bond motifs is 1. The minimum Gasteiger partial charge on any atom is -0.370 e. The molecule has 2 N–H and O–H groups in total. The summed E-state index contributed by atoms with van der Waals surface area (Å²) in [5, 5.41) is -0.460. The first-order chi connectivity index (χ1) is 9.41. The van der Waals surface area contributed by atoms with E-state index in [1.54, 1.807) is 6.92 Å². The molecule has 0 aliphatic rings. The van der Waals surface area contributed by atoms with E-state index in [4.69, 9.17) is 17.3 Å². The predicted molar refractivity (Wildman–Crippen MR) is 72.3 cm³/mol. The number of primary amides is 1. The van der Waals surface area contributed by atoms with Crippen molar-refractivity contribution in [1.82, 2.24) is 9.55 Å². The highest BCUT2D eigenvalue weighted by Gasteiger charge is 2.19. The van der Waals surface area contributed by atoms with Gasteiger partial charge in [-0.15, -0.1) is 11.6 Å². The highest BCUT2D eigenvalue weighted by molar-refractivity contribution is 6.20. The fourth-order valence-corrected chi connectivity index (χ4v) is 2.28. The summed E-state index contributed by atoms with van der Waals surface area (Å²) in [6.45, 7) is 1.99. The Kier molecular flexibility index (Phi) is 4.23. The van der Waals surface area contributed by atoms with Gasteiger partial charge in [0.15, 0.2) is 11.6 Å². The average Bonchev–Trinajstić information content (AvgIpc) is 2.73. The number of aryl methyl sites for hydroxylation is 1. The molecule has 0 saturated heterocycles. The van der Waals surface area contributed by atoms with Crippen molar-refractivity contribution in [2.24, 2.45) is 5.73 Å². The number of amides is 1. The van der Waals surface area contributed by atoms with E-state index in [0.717, 1.165) is 6.07 Å². The summed E-state index contributed by atoms with van der Waals surface area (Å²) in [4.78, 5) is 15.0. The van der Waals surface area contributed by atoms with Crippen LogP contribution in [0.3, 0.4) is 0 Å². The summed E-state index contributed by atoms with van der Waals surface area (Å²) in [7, 11) is 0. The zero-order chi connectivity index (χ0) is 14.9. The maximum absolute atomic E-state index is 14.0. The van der Waals surface area contributed by atoms with Crippen molar-refractivity contribution in [2.75, 3.05) is 0 Å². The molecule has 0 saturated carbocycles. The van der Waals surface area contributed by atoms with Crippen LogP contribution in [0.25, 0.3) is 11.0 Å². The van der Waals surface area contributed by atoms with Gasteiger partial charge in [0.2, 0.25) is 5.91 Å². The fraction of sp³-hybridized carbons (Fsp3) is 0.385. The summed E-state index contributed by atoms with van der Waals surface area (Å²) in [5.41, 5.74) is 5.48. The van der Waals surface area contributed by atoms with Crippen molar-refractivity contribution in [3.63, 3.8) is 0 Å². The normalized spacial score (nSPS) is 12.8. The Balaban J connectivity index is 2.49. The van der Waals surface area contributed by atoms with E-state index in [1.807, 2.05) is 0 Å². The number of aromatic nitrogens is 2. The van der Waals surface area contributed by atoms with Crippen molar-refractivity contribution >= 4 is 28.5 Å². The number of benzene rings is 1. The lowest BCUT2D eigenvalue weighted by molar-refractivity contribution is -0.118. The minimum atomic E-state index is -0.961. The van der Waals surface area contributed by atoms with Gasteiger partial charge in [-0.2, -0.15) is 0 Å². The standard InChI is InChI=1S/C13H14ClF2N3O/c1-7(14)13-18-9-5-4-8(15)11(16)12(9)19(13)6-2-3-10(17)20/h4-5,7H,2-3,6H2,1H3,(H2,17,20). The Bertz CT molecular complexity index is 655. The minimum absolute atomic E-state index is 0.0666. The van der Waals surface area contributed by atoms with Crippen LogP contribution in [0.5, 0.6) is 0 Å². The van der Waals surface area contributed by atoms with Gasteiger partial charge in [-0.25, -0.2) is 13.8 Å². The lowest BCUT2D eigenvalue weighted by atomic mass is 10.2. The number of nitrogens with two attached hydrogens (primary N) is 1. The Morgan fingerprint density at radius 2 is 2.20 bits per heavy atom. The van der Waals surface area contributed by atoms with Crippen LogP contribution in [0.15, 0.2) is 12.1 Å². The molecule has 1 heterocycles. The number of hydrogen-bond acceptors (Lipinski definition) is 2. The lowest BCUT2D eigenvalue weighted by Crippen LogP contribution is -2.13. The highest BCUT2D eigenvalue weighted by atomic mass is 35.5. The molecule has 0 radical (unpaired) electrons. The molecule has 0 aliphatic heterocycles.